The van der Waals surface area contributed by atoms with Gasteiger partial charge in [0.1, 0.15) is 0 Å². The van der Waals surface area contributed by atoms with Gasteiger partial charge >= 0.3 is 0 Å². The minimum atomic E-state index is -0.436. The number of aliphatic hydroxyl groups excluding tert-OH is 1. The maximum Gasteiger partial charge on any atom is 0.237 e. The minimum absolute atomic E-state index is 0.000137. The Labute approximate surface area is 92.4 Å². The summed E-state index contributed by atoms with van der Waals surface area (Å²) in [5.74, 6) is -0.0518. The molecule has 0 aliphatic heterocycles. The van der Waals surface area contributed by atoms with Gasteiger partial charge in [0.2, 0.25) is 5.91 Å². The van der Waals surface area contributed by atoms with Crippen LogP contribution in [0, 0.1) is 0 Å². The molecule has 0 saturated carbocycles. The summed E-state index contributed by atoms with van der Waals surface area (Å²) in [5, 5.41) is 15.0. The fourth-order valence-corrected chi connectivity index (χ4v) is 1.18. The van der Waals surface area contributed by atoms with Crippen LogP contribution in [0.5, 0.6) is 0 Å². The van der Waals surface area contributed by atoms with Gasteiger partial charge in [-0.15, -0.1) is 0 Å². The zero-order valence-electron chi connectivity index (χ0n) is 10.6. The molecule has 0 heterocycles. The lowest BCUT2D eigenvalue weighted by Crippen LogP contribution is -2.55. The van der Waals surface area contributed by atoms with Crippen LogP contribution in [0.1, 0.15) is 41.5 Å². The topological polar surface area (TPSA) is 61.4 Å². The van der Waals surface area contributed by atoms with Crippen LogP contribution < -0.4 is 10.6 Å². The van der Waals surface area contributed by atoms with Gasteiger partial charge in [-0.25, -0.2) is 0 Å². The van der Waals surface area contributed by atoms with Gasteiger partial charge in [-0.1, -0.05) is 0 Å². The van der Waals surface area contributed by atoms with Crippen LogP contribution in [0.3, 0.4) is 0 Å². The van der Waals surface area contributed by atoms with Gasteiger partial charge < -0.3 is 10.4 Å². The Morgan fingerprint density at radius 2 is 1.73 bits per heavy atom. The second-order valence-corrected chi connectivity index (χ2v) is 5.65. The van der Waals surface area contributed by atoms with E-state index < -0.39 is 5.54 Å². The predicted octanol–water partition coefficient (Wildman–Crippen LogP) is 0.650. The average Bonchev–Trinajstić information content (AvgIpc) is 2.00. The van der Waals surface area contributed by atoms with Crippen molar-refractivity contribution in [3.8, 4) is 0 Å². The third-order valence-electron chi connectivity index (χ3n) is 1.89. The van der Waals surface area contributed by atoms with E-state index in [1.54, 1.807) is 6.92 Å². The highest BCUT2D eigenvalue weighted by Crippen LogP contribution is 2.04. The number of nitrogens with one attached hydrogen (secondary N) is 2. The molecule has 15 heavy (non-hydrogen) atoms. The first-order chi connectivity index (χ1) is 6.57. The van der Waals surface area contributed by atoms with Gasteiger partial charge in [-0.2, -0.15) is 0 Å². The van der Waals surface area contributed by atoms with Gasteiger partial charge in [0.15, 0.2) is 0 Å². The maximum atomic E-state index is 11.7. The van der Waals surface area contributed by atoms with Crippen molar-refractivity contribution in [3.05, 3.63) is 0 Å². The highest BCUT2D eigenvalue weighted by Gasteiger charge is 2.24. The van der Waals surface area contributed by atoms with Crippen LogP contribution in [0.15, 0.2) is 0 Å². The number of hydrogen-bond donors (Lipinski definition) is 3. The van der Waals surface area contributed by atoms with E-state index >= 15 is 0 Å². The molecule has 0 radical (unpaired) electrons. The van der Waals surface area contributed by atoms with Crippen LogP contribution in [0.4, 0.5) is 0 Å². The van der Waals surface area contributed by atoms with Gasteiger partial charge in [0, 0.05) is 11.1 Å². The van der Waals surface area contributed by atoms with Crippen molar-refractivity contribution < 1.29 is 9.90 Å². The van der Waals surface area contributed by atoms with E-state index in [4.69, 9.17) is 5.11 Å². The second-order valence-electron chi connectivity index (χ2n) is 5.65. The summed E-state index contributed by atoms with van der Waals surface area (Å²) in [7, 11) is 0. The highest BCUT2D eigenvalue weighted by molar-refractivity contribution is 5.82. The molecule has 0 bridgehead atoms. The first-order valence-electron chi connectivity index (χ1n) is 5.28. The van der Waals surface area contributed by atoms with E-state index in [2.05, 4.69) is 10.6 Å². The summed E-state index contributed by atoms with van der Waals surface area (Å²) in [6.07, 6.45) is 0. The molecule has 1 unspecified atom stereocenters. The molecule has 4 nitrogen and oxygen atoms in total. The maximum absolute atomic E-state index is 11.7. The molecule has 90 valence electrons. The van der Waals surface area contributed by atoms with E-state index in [0.29, 0.717) is 0 Å². The number of carbonyl (C=O) groups is 1. The van der Waals surface area contributed by atoms with Crippen LogP contribution in [-0.2, 0) is 4.79 Å². The van der Waals surface area contributed by atoms with Gasteiger partial charge in [-0.05, 0) is 41.5 Å². The molecule has 3 N–H and O–H groups in total. The first-order valence-corrected chi connectivity index (χ1v) is 5.28. The molecular formula is C11H24N2O2. The van der Waals surface area contributed by atoms with Crippen molar-refractivity contribution >= 4 is 5.91 Å². The Kier molecular flexibility index (Phi) is 4.74. The number of amides is 1. The molecule has 0 aromatic carbocycles. The number of rotatable bonds is 4. The van der Waals surface area contributed by atoms with Crippen molar-refractivity contribution in [1.29, 1.82) is 0 Å². The van der Waals surface area contributed by atoms with E-state index in [0.717, 1.165) is 0 Å². The Morgan fingerprint density at radius 1 is 1.27 bits per heavy atom. The molecule has 0 aromatic heterocycles. The third kappa shape index (κ3) is 6.47. The standard InChI is InChI=1S/C11H24N2O2/c1-8(12-11(5,6)7-14)9(15)13-10(2,3)4/h8,12,14H,7H2,1-6H3,(H,13,15). The van der Waals surface area contributed by atoms with E-state index in [9.17, 15) is 4.79 Å². The molecule has 0 spiro atoms. The summed E-state index contributed by atoms with van der Waals surface area (Å²) in [5.41, 5.74) is -0.662. The highest BCUT2D eigenvalue weighted by atomic mass is 16.3. The minimum Gasteiger partial charge on any atom is -0.394 e. The summed E-state index contributed by atoms with van der Waals surface area (Å²) in [6, 6.07) is -0.314. The molecule has 0 fully saturated rings. The largest absolute Gasteiger partial charge is 0.394 e. The molecule has 4 heteroatoms. The molecule has 0 aliphatic carbocycles. The predicted molar refractivity (Wildman–Crippen MR) is 61.7 cm³/mol. The SMILES string of the molecule is CC(NC(C)(C)CO)C(=O)NC(C)(C)C. The van der Waals surface area contributed by atoms with E-state index in [1.165, 1.54) is 0 Å². The summed E-state index contributed by atoms with van der Waals surface area (Å²) in [4.78, 5) is 11.7. The van der Waals surface area contributed by atoms with Crippen molar-refractivity contribution in [2.45, 2.75) is 58.7 Å². The van der Waals surface area contributed by atoms with Crippen LogP contribution in [-0.4, -0.2) is 34.7 Å². The molecular weight excluding hydrogens is 192 g/mol. The lowest BCUT2D eigenvalue weighted by atomic mass is 10.0. The molecule has 0 saturated heterocycles. The Hall–Kier alpha value is -0.610. The van der Waals surface area contributed by atoms with Crippen LogP contribution in [0.25, 0.3) is 0 Å². The van der Waals surface area contributed by atoms with Gasteiger partial charge in [0.05, 0.1) is 12.6 Å². The van der Waals surface area contributed by atoms with Gasteiger partial charge in [-0.3, -0.25) is 10.1 Å². The smallest absolute Gasteiger partial charge is 0.237 e. The number of carbonyl (C=O) groups excluding carboxylic acids is 1. The summed E-state index contributed by atoms with van der Waals surface area (Å²) in [6.45, 7) is 11.3. The quantitative estimate of drug-likeness (QED) is 0.646. The zero-order valence-corrected chi connectivity index (χ0v) is 10.6. The van der Waals surface area contributed by atoms with Crippen molar-refractivity contribution in [2.75, 3.05) is 6.61 Å². The fraction of sp³-hybridized carbons (Fsp3) is 0.909. The van der Waals surface area contributed by atoms with Crippen molar-refractivity contribution in [3.63, 3.8) is 0 Å². The first kappa shape index (κ1) is 14.4. The monoisotopic (exact) mass is 216 g/mol. The van der Waals surface area contributed by atoms with Crippen LogP contribution >= 0.6 is 0 Å². The average molecular weight is 216 g/mol. The molecule has 1 atom stereocenters. The zero-order chi connectivity index (χ0) is 12.3. The molecule has 0 rings (SSSR count). The molecule has 0 aromatic rings. The Morgan fingerprint density at radius 3 is 2.07 bits per heavy atom. The molecule has 0 aliphatic rings. The Bertz CT molecular complexity index is 219. The van der Waals surface area contributed by atoms with Crippen molar-refractivity contribution in [2.24, 2.45) is 0 Å². The molecule has 1 amide bonds. The fourth-order valence-electron chi connectivity index (χ4n) is 1.18. The van der Waals surface area contributed by atoms with Crippen LogP contribution in [0.2, 0.25) is 0 Å². The van der Waals surface area contributed by atoms with E-state index in [-0.39, 0.29) is 24.1 Å². The Balaban J connectivity index is 4.23. The second kappa shape index (κ2) is 4.94. The third-order valence-corrected chi connectivity index (χ3v) is 1.89. The summed E-state index contributed by atoms with van der Waals surface area (Å²) >= 11 is 0. The van der Waals surface area contributed by atoms with Crippen molar-refractivity contribution in [1.82, 2.24) is 10.6 Å². The lowest BCUT2D eigenvalue weighted by molar-refractivity contribution is -0.124. The van der Waals surface area contributed by atoms with E-state index in [1.807, 2.05) is 34.6 Å². The number of hydrogen-bond acceptors (Lipinski definition) is 3. The summed E-state index contributed by atoms with van der Waals surface area (Å²) < 4.78 is 0. The van der Waals surface area contributed by atoms with Gasteiger partial charge in [0.25, 0.3) is 0 Å². The number of aliphatic hydroxyl groups is 1. The normalized spacial score (nSPS) is 14.9. The lowest BCUT2D eigenvalue weighted by Gasteiger charge is -2.30.